The summed E-state index contributed by atoms with van der Waals surface area (Å²) in [6.45, 7) is 1.53. The number of amides is 4. The van der Waals surface area contributed by atoms with Crippen molar-refractivity contribution in [3.05, 3.63) is 87.7 Å². The Balaban J connectivity index is 1.39. The first-order valence-electron chi connectivity index (χ1n) is 16.4. The predicted molar refractivity (Wildman–Crippen MR) is 176 cm³/mol. The molecule has 0 spiro atoms. The minimum atomic E-state index is -5.26. The van der Waals surface area contributed by atoms with Gasteiger partial charge in [0.2, 0.25) is 29.4 Å². The number of nitrogens with zero attached hydrogens (tertiary/aromatic N) is 2. The Labute approximate surface area is 306 Å². The third kappa shape index (κ3) is 5.42. The van der Waals surface area contributed by atoms with Gasteiger partial charge in [-0.3, -0.25) is 19.2 Å². The number of allylic oxidation sites excluding steroid dienone is 2. The van der Waals surface area contributed by atoms with Gasteiger partial charge >= 0.3 is 12.4 Å². The van der Waals surface area contributed by atoms with Crippen LogP contribution in [0.4, 0.5) is 42.1 Å². The van der Waals surface area contributed by atoms with Crippen molar-refractivity contribution < 1.29 is 64.5 Å². The maximum Gasteiger partial charge on any atom is 0.416 e. The zero-order valence-corrected chi connectivity index (χ0v) is 29.1. The maximum atomic E-state index is 14.6. The number of alkyl halides is 6. The fourth-order valence-electron chi connectivity index (χ4n) is 8.67. The van der Waals surface area contributed by atoms with E-state index in [2.05, 4.69) is 0 Å². The lowest BCUT2D eigenvalue weighted by Gasteiger charge is -2.49. The molecule has 0 bridgehead atoms. The predicted octanol–water partition coefficient (Wildman–Crippen LogP) is 7.67. The molecule has 0 aromatic heterocycles. The summed E-state index contributed by atoms with van der Waals surface area (Å²) in [5.41, 5.74) is -5.38. The third-order valence-electron chi connectivity index (χ3n) is 11.1. The zero-order valence-electron chi connectivity index (χ0n) is 28.3. The van der Waals surface area contributed by atoms with Crippen molar-refractivity contribution in [3.63, 3.8) is 0 Å². The lowest BCUT2D eigenvalue weighted by Crippen LogP contribution is -2.48. The zero-order chi connectivity index (χ0) is 39.4. The van der Waals surface area contributed by atoms with E-state index in [1.165, 1.54) is 39.3 Å². The van der Waals surface area contributed by atoms with Gasteiger partial charge in [-0.15, -0.1) is 0 Å². The molecule has 3 aromatic carbocycles. The molecule has 4 aliphatic rings. The number of phenols is 1. The summed E-state index contributed by atoms with van der Waals surface area (Å²) in [5.74, 6) is -10.9. The van der Waals surface area contributed by atoms with Crippen molar-refractivity contribution in [1.29, 1.82) is 0 Å². The molecule has 2 saturated heterocycles. The first kappa shape index (κ1) is 37.2. The van der Waals surface area contributed by atoms with Gasteiger partial charge in [-0.1, -0.05) is 23.3 Å². The van der Waals surface area contributed by atoms with E-state index in [-0.39, 0.29) is 46.7 Å². The molecule has 1 N–H and O–H groups in total. The van der Waals surface area contributed by atoms with Crippen molar-refractivity contribution in [1.82, 2.24) is 0 Å². The number of fused-ring (bicyclic) bond motifs is 4. The van der Waals surface area contributed by atoms with Crippen LogP contribution in [-0.4, -0.2) is 43.0 Å². The molecule has 3 aromatic rings. The number of rotatable bonds is 5. The second kappa shape index (κ2) is 12.5. The first-order chi connectivity index (χ1) is 25.2. The van der Waals surface area contributed by atoms with E-state index in [1.807, 2.05) is 0 Å². The third-order valence-corrected chi connectivity index (χ3v) is 11.4. The van der Waals surface area contributed by atoms with Crippen molar-refractivity contribution in [3.8, 4) is 17.2 Å². The lowest BCUT2D eigenvalue weighted by molar-refractivity contribution is -0.143. The quantitative estimate of drug-likeness (QED) is 0.161. The fraction of sp³-hybridized carbons (Fsp3) is 0.351. The number of ether oxygens (including phenoxy) is 2. The van der Waals surface area contributed by atoms with E-state index in [0.29, 0.717) is 22.6 Å². The lowest BCUT2D eigenvalue weighted by atomic mass is 9.51. The largest absolute Gasteiger partial charge is 0.502 e. The summed E-state index contributed by atoms with van der Waals surface area (Å²) in [4.78, 5) is 58.4. The second-order valence-electron chi connectivity index (χ2n) is 13.8. The van der Waals surface area contributed by atoms with Gasteiger partial charge in [-0.05, 0) is 79.8 Å². The molecule has 17 heteroatoms. The maximum absolute atomic E-state index is 14.6. The number of carbonyl (C=O) groups is 4. The van der Waals surface area contributed by atoms with E-state index in [9.17, 15) is 55.0 Å². The molecular formula is C37H28ClF7N2O7. The number of aromatic hydroxyl groups is 1. The van der Waals surface area contributed by atoms with E-state index in [1.54, 1.807) is 6.08 Å². The standard InChI is InChI=1S/C37H28ClF7N2O7/c1-35-23(32(50)47(34(35)52)18-4-7-25(39)24(38)13-18)14-22-20(29(35)15-8-26(53-2)30(48)27(9-15)54-3)5-6-21-28(22)33(51)46(31(21)49)19-11-16(36(40,41)42)10-17(12-19)37(43,44)45/h4-5,7-13,21-23,28-29,48H,6,14H2,1-3H3/t21-,22+,23-,28-,29-,35+/m0/s1. The monoisotopic (exact) mass is 780 g/mol. The average molecular weight is 781 g/mol. The van der Waals surface area contributed by atoms with Gasteiger partial charge < -0.3 is 14.6 Å². The smallest absolute Gasteiger partial charge is 0.416 e. The fourth-order valence-corrected chi connectivity index (χ4v) is 8.84. The van der Waals surface area contributed by atoms with Gasteiger partial charge in [-0.25, -0.2) is 14.2 Å². The summed E-state index contributed by atoms with van der Waals surface area (Å²) in [6.07, 6.45) is -9.34. The van der Waals surface area contributed by atoms with Crippen molar-refractivity contribution in [2.24, 2.45) is 29.1 Å². The van der Waals surface area contributed by atoms with Gasteiger partial charge in [0.05, 0.1) is 64.9 Å². The Hall–Kier alpha value is -5.12. The Morgan fingerprint density at radius 1 is 0.796 bits per heavy atom. The van der Waals surface area contributed by atoms with Crippen molar-refractivity contribution >= 4 is 46.6 Å². The van der Waals surface area contributed by atoms with Gasteiger partial charge in [0, 0.05) is 5.92 Å². The number of hydrogen-bond acceptors (Lipinski definition) is 7. The normalized spacial score (nSPS) is 26.8. The van der Waals surface area contributed by atoms with Crippen LogP contribution in [0.2, 0.25) is 5.02 Å². The highest BCUT2D eigenvalue weighted by Crippen LogP contribution is 2.64. The Kier molecular flexibility index (Phi) is 8.59. The molecule has 1 saturated carbocycles. The Bertz CT molecular complexity index is 2130. The first-order valence-corrected chi connectivity index (χ1v) is 16.8. The summed E-state index contributed by atoms with van der Waals surface area (Å²) in [7, 11) is 2.52. The molecule has 9 nitrogen and oxygen atoms in total. The number of halogens is 8. The van der Waals surface area contributed by atoms with Crippen LogP contribution in [0, 0.1) is 34.9 Å². The molecule has 7 rings (SSSR count). The molecule has 6 atom stereocenters. The molecule has 284 valence electrons. The van der Waals surface area contributed by atoms with Crippen LogP contribution < -0.4 is 19.3 Å². The van der Waals surface area contributed by atoms with E-state index in [0.717, 1.165) is 17.0 Å². The highest BCUT2D eigenvalue weighted by molar-refractivity contribution is 6.32. The molecule has 3 fully saturated rings. The minimum Gasteiger partial charge on any atom is -0.502 e. The SMILES string of the molecule is COc1cc([C@H]2C3=CC[C@@H]4C(=O)N(c5cc(C(F)(F)F)cc(C(F)(F)F)c5)C(=O)[C@@H]4[C@@H]3C[C@H]3C(=O)N(c4ccc(F)c(Cl)c4)C(=O)[C@@]23C)cc(OC)c1O. The van der Waals surface area contributed by atoms with E-state index < -0.39 is 99.4 Å². The van der Waals surface area contributed by atoms with E-state index >= 15 is 0 Å². The van der Waals surface area contributed by atoms with Crippen LogP contribution in [0.3, 0.4) is 0 Å². The highest BCUT2D eigenvalue weighted by Gasteiger charge is 2.68. The van der Waals surface area contributed by atoms with Gasteiger partial charge in [0.15, 0.2) is 11.5 Å². The molecule has 4 amide bonds. The molecule has 2 aliphatic heterocycles. The topological polar surface area (TPSA) is 113 Å². The molecule has 2 heterocycles. The number of imide groups is 2. The Morgan fingerprint density at radius 3 is 1.93 bits per heavy atom. The second-order valence-corrected chi connectivity index (χ2v) is 14.2. The van der Waals surface area contributed by atoms with E-state index in [4.69, 9.17) is 21.1 Å². The number of anilines is 2. The summed E-state index contributed by atoms with van der Waals surface area (Å²) >= 11 is 6.02. The van der Waals surface area contributed by atoms with Crippen LogP contribution in [0.5, 0.6) is 17.2 Å². The van der Waals surface area contributed by atoms with Gasteiger partial charge in [0.25, 0.3) is 0 Å². The molecule has 0 unspecified atom stereocenters. The number of carbonyl (C=O) groups excluding carboxylic acids is 4. The number of hydrogen-bond donors (Lipinski definition) is 1. The van der Waals surface area contributed by atoms with Gasteiger partial charge in [0.1, 0.15) is 5.82 Å². The number of methoxy groups -OCH3 is 2. The minimum absolute atomic E-state index is 0.0511. The number of phenolic OH excluding ortho intramolecular Hbond substituents is 1. The van der Waals surface area contributed by atoms with Crippen LogP contribution in [-0.2, 0) is 31.5 Å². The Morgan fingerprint density at radius 2 is 1.39 bits per heavy atom. The highest BCUT2D eigenvalue weighted by atomic mass is 35.5. The van der Waals surface area contributed by atoms with Gasteiger partial charge in [-0.2, -0.15) is 26.3 Å². The number of benzene rings is 3. The molecule has 2 aliphatic carbocycles. The van der Waals surface area contributed by atoms with Crippen LogP contribution >= 0.6 is 11.6 Å². The van der Waals surface area contributed by atoms with Crippen LogP contribution in [0.15, 0.2) is 60.2 Å². The van der Waals surface area contributed by atoms with Crippen LogP contribution in [0.1, 0.15) is 42.4 Å². The van der Waals surface area contributed by atoms with Crippen molar-refractivity contribution in [2.75, 3.05) is 24.0 Å². The summed E-state index contributed by atoms with van der Waals surface area (Å²) < 4.78 is 108. The van der Waals surface area contributed by atoms with Crippen molar-refractivity contribution in [2.45, 2.75) is 38.0 Å². The molecule has 0 radical (unpaired) electrons. The van der Waals surface area contributed by atoms with Crippen LogP contribution in [0.25, 0.3) is 0 Å². The summed E-state index contributed by atoms with van der Waals surface area (Å²) in [5, 5.41) is 10.3. The summed E-state index contributed by atoms with van der Waals surface area (Å²) in [6, 6.07) is 6.56. The molecule has 54 heavy (non-hydrogen) atoms. The average Bonchev–Trinajstić information content (AvgIpc) is 3.48. The molecular weight excluding hydrogens is 753 g/mol.